The van der Waals surface area contributed by atoms with E-state index in [9.17, 15) is 0 Å². The molecule has 0 radical (unpaired) electrons. The minimum atomic E-state index is 0.642. The third-order valence-corrected chi connectivity index (χ3v) is 3.92. The van der Waals surface area contributed by atoms with Gasteiger partial charge < -0.3 is 19.7 Å². The first-order valence-corrected chi connectivity index (χ1v) is 8.62. The lowest BCUT2D eigenvalue weighted by Gasteiger charge is -2.21. The lowest BCUT2D eigenvalue weighted by atomic mass is 10.1. The molecule has 2 rings (SSSR count). The molecule has 0 aliphatic carbocycles. The zero-order valence-electron chi connectivity index (χ0n) is 14.6. The van der Waals surface area contributed by atoms with E-state index in [1.54, 1.807) is 0 Å². The highest BCUT2D eigenvalue weighted by Crippen LogP contribution is 2.28. The van der Waals surface area contributed by atoms with Crippen molar-refractivity contribution < 1.29 is 9.47 Å². The first-order valence-electron chi connectivity index (χ1n) is 8.62. The van der Waals surface area contributed by atoms with Crippen LogP contribution in [0.25, 0.3) is 0 Å². The molecule has 1 aromatic rings. The van der Waals surface area contributed by atoms with Crippen molar-refractivity contribution in [3.63, 3.8) is 0 Å². The van der Waals surface area contributed by atoms with Crippen molar-refractivity contribution in [3.8, 4) is 11.5 Å². The highest BCUT2D eigenvalue weighted by atomic mass is 16.5. The number of aliphatic imine (C=N–C) groups is 1. The summed E-state index contributed by atoms with van der Waals surface area (Å²) in [5, 5.41) is 3.45. The van der Waals surface area contributed by atoms with Crippen molar-refractivity contribution >= 4 is 5.96 Å². The van der Waals surface area contributed by atoms with Crippen LogP contribution in [-0.2, 0) is 6.42 Å². The van der Waals surface area contributed by atoms with E-state index in [2.05, 4.69) is 27.3 Å². The third kappa shape index (κ3) is 5.05. The summed E-state index contributed by atoms with van der Waals surface area (Å²) in [4.78, 5) is 6.70. The Labute approximate surface area is 139 Å². The second-order valence-corrected chi connectivity index (χ2v) is 5.57. The molecule has 0 amide bonds. The average molecular weight is 319 g/mol. The predicted octanol–water partition coefficient (Wildman–Crippen LogP) is 2.70. The second kappa shape index (κ2) is 9.28. The van der Waals surface area contributed by atoms with Gasteiger partial charge in [0.15, 0.2) is 17.5 Å². The Bertz CT molecular complexity index is 511. The number of hydrogen-bond acceptors (Lipinski definition) is 3. The molecule has 1 aliphatic rings. The largest absolute Gasteiger partial charge is 0.490 e. The van der Waals surface area contributed by atoms with Crippen molar-refractivity contribution in [1.82, 2.24) is 10.2 Å². The van der Waals surface area contributed by atoms with Gasteiger partial charge in [0.05, 0.1) is 13.2 Å². The lowest BCUT2D eigenvalue weighted by molar-refractivity contribution is 0.287. The van der Waals surface area contributed by atoms with Gasteiger partial charge in [-0.3, -0.25) is 4.99 Å². The van der Waals surface area contributed by atoms with Gasteiger partial charge in [-0.1, -0.05) is 6.07 Å². The molecule has 0 bridgehead atoms. The van der Waals surface area contributed by atoms with Crippen LogP contribution in [0.5, 0.6) is 11.5 Å². The molecule has 1 heterocycles. The van der Waals surface area contributed by atoms with E-state index < -0.39 is 0 Å². The highest BCUT2D eigenvalue weighted by molar-refractivity contribution is 5.80. The number of guanidine groups is 1. The van der Waals surface area contributed by atoms with E-state index in [-0.39, 0.29) is 0 Å². The quantitative estimate of drug-likeness (QED) is 0.620. The number of ether oxygens (including phenoxy) is 2. The second-order valence-electron chi connectivity index (χ2n) is 5.57. The van der Waals surface area contributed by atoms with E-state index in [1.807, 2.05) is 27.0 Å². The lowest BCUT2D eigenvalue weighted by Crippen LogP contribution is -2.40. The maximum atomic E-state index is 5.68. The molecule has 1 saturated heterocycles. The van der Waals surface area contributed by atoms with Gasteiger partial charge in [-0.05, 0) is 50.8 Å². The number of benzene rings is 1. The normalized spacial score (nSPS) is 14.9. The Morgan fingerprint density at radius 1 is 1.13 bits per heavy atom. The van der Waals surface area contributed by atoms with Crippen molar-refractivity contribution in [2.24, 2.45) is 4.99 Å². The first-order chi connectivity index (χ1) is 11.3. The van der Waals surface area contributed by atoms with Gasteiger partial charge >= 0.3 is 0 Å². The number of nitrogens with one attached hydrogen (secondary N) is 1. The molecule has 5 nitrogen and oxygen atoms in total. The zero-order chi connectivity index (χ0) is 16.5. The van der Waals surface area contributed by atoms with Crippen LogP contribution in [0.15, 0.2) is 23.2 Å². The molecule has 23 heavy (non-hydrogen) atoms. The molecule has 128 valence electrons. The maximum Gasteiger partial charge on any atom is 0.193 e. The van der Waals surface area contributed by atoms with Crippen LogP contribution < -0.4 is 14.8 Å². The summed E-state index contributed by atoms with van der Waals surface area (Å²) in [6.07, 6.45) is 3.45. The predicted molar refractivity (Wildman–Crippen MR) is 94.7 cm³/mol. The topological polar surface area (TPSA) is 46.1 Å². The van der Waals surface area contributed by atoms with Gasteiger partial charge in [-0.2, -0.15) is 0 Å². The van der Waals surface area contributed by atoms with Crippen molar-refractivity contribution in [2.75, 3.05) is 39.9 Å². The summed E-state index contributed by atoms with van der Waals surface area (Å²) in [7, 11) is 1.85. The standard InChI is InChI=1S/C18H29N3O2/c1-4-22-16-9-8-15(14-17(16)23-5-2)10-11-20-18(19-3)21-12-6-7-13-21/h8-9,14H,4-7,10-13H2,1-3H3,(H,19,20). The van der Waals surface area contributed by atoms with Gasteiger partial charge in [0.1, 0.15) is 0 Å². The molecule has 0 aromatic heterocycles. The van der Waals surface area contributed by atoms with Gasteiger partial charge in [-0.15, -0.1) is 0 Å². The molecule has 0 unspecified atom stereocenters. The highest BCUT2D eigenvalue weighted by Gasteiger charge is 2.15. The summed E-state index contributed by atoms with van der Waals surface area (Å²) in [5.74, 6) is 2.66. The van der Waals surface area contributed by atoms with Crippen LogP contribution in [0.4, 0.5) is 0 Å². The van der Waals surface area contributed by atoms with E-state index in [4.69, 9.17) is 9.47 Å². The third-order valence-electron chi connectivity index (χ3n) is 3.92. The summed E-state index contributed by atoms with van der Waals surface area (Å²) < 4.78 is 11.3. The Morgan fingerprint density at radius 3 is 2.48 bits per heavy atom. The molecular weight excluding hydrogens is 290 g/mol. The minimum Gasteiger partial charge on any atom is -0.490 e. The molecule has 5 heteroatoms. The maximum absolute atomic E-state index is 5.68. The van der Waals surface area contributed by atoms with Gasteiger partial charge in [-0.25, -0.2) is 0 Å². The Morgan fingerprint density at radius 2 is 1.83 bits per heavy atom. The van der Waals surface area contributed by atoms with E-state index >= 15 is 0 Å². The van der Waals surface area contributed by atoms with Crippen molar-refractivity contribution in [1.29, 1.82) is 0 Å². The number of rotatable bonds is 7. The van der Waals surface area contributed by atoms with E-state index in [0.29, 0.717) is 13.2 Å². The molecule has 1 aromatic carbocycles. The Kier molecular flexibility index (Phi) is 7.04. The number of likely N-dealkylation sites (tertiary alicyclic amines) is 1. The van der Waals surface area contributed by atoms with E-state index in [1.165, 1.54) is 18.4 Å². The van der Waals surface area contributed by atoms with E-state index in [0.717, 1.165) is 43.5 Å². The molecule has 0 spiro atoms. The Balaban J connectivity index is 1.90. The van der Waals surface area contributed by atoms with Gasteiger partial charge in [0.2, 0.25) is 0 Å². The summed E-state index contributed by atoms with van der Waals surface area (Å²) in [6.45, 7) is 8.34. The van der Waals surface area contributed by atoms with Crippen molar-refractivity contribution in [2.45, 2.75) is 33.1 Å². The molecule has 1 N–H and O–H groups in total. The summed E-state index contributed by atoms with van der Waals surface area (Å²) in [5.41, 5.74) is 1.24. The van der Waals surface area contributed by atoms with Crippen molar-refractivity contribution in [3.05, 3.63) is 23.8 Å². The SMILES string of the molecule is CCOc1ccc(CCNC(=NC)N2CCCC2)cc1OCC. The Hall–Kier alpha value is -1.91. The fraction of sp³-hybridized carbons (Fsp3) is 0.611. The fourth-order valence-electron chi connectivity index (χ4n) is 2.83. The van der Waals surface area contributed by atoms with Crippen LogP contribution in [0.1, 0.15) is 32.3 Å². The van der Waals surface area contributed by atoms with Crippen LogP contribution >= 0.6 is 0 Å². The van der Waals surface area contributed by atoms with Crippen LogP contribution in [0.3, 0.4) is 0 Å². The van der Waals surface area contributed by atoms with Gasteiger partial charge in [0.25, 0.3) is 0 Å². The zero-order valence-corrected chi connectivity index (χ0v) is 14.6. The molecule has 0 atom stereocenters. The first kappa shape index (κ1) is 17.4. The fourth-order valence-corrected chi connectivity index (χ4v) is 2.83. The summed E-state index contributed by atoms with van der Waals surface area (Å²) in [6, 6.07) is 6.18. The minimum absolute atomic E-state index is 0.642. The average Bonchev–Trinajstić information content (AvgIpc) is 3.08. The molecule has 0 saturated carbocycles. The van der Waals surface area contributed by atoms with Crippen LogP contribution in [0.2, 0.25) is 0 Å². The molecule has 1 fully saturated rings. The molecule has 1 aliphatic heterocycles. The monoisotopic (exact) mass is 319 g/mol. The summed E-state index contributed by atoms with van der Waals surface area (Å²) >= 11 is 0. The van der Waals surface area contributed by atoms with Crippen LogP contribution in [-0.4, -0.2) is 50.8 Å². The molecular formula is C18H29N3O2. The number of nitrogens with zero attached hydrogens (tertiary/aromatic N) is 2. The number of hydrogen-bond donors (Lipinski definition) is 1. The van der Waals surface area contributed by atoms with Gasteiger partial charge in [0, 0.05) is 26.7 Å². The van der Waals surface area contributed by atoms with Crippen LogP contribution in [0, 0.1) is 0 Å². The smallest absolute Gasteiger partial charge is 0.193 e.